The molecule has 6 heteroatoms. The average Bonchev–Trinajstić information content (AvgIpc) is 2.36. The zero-order chi connectivity index (χ0) is 13.5. The highest BCUT2D eigenvalue weighted by Gasteiger charge is 2.08. The number of nitro groups is 1. The van der Waals surface area contributed by atoms with Gasteiger partial charge in [0.05, 0.1) is 4.92 Å². The van der Waals surface area contributed by atoms with Gasteiger partial charge in [0.25, 0.3) is 5.69 Å². The molecule has 96 valence electrons. The van der Waals surface area contributed by atoms with Crippen LogP contribution in [0.5, 0.6) is 0 Å². The summed E-state index contributed by atoms with van der Waals surface area (Å²) in [5.74, 6) is -0.0557. The third kappa shape index (κ3) is 4.25. The largest absolute Gasteiger partial charge is 0.282 e. The quantitative estimate of drug-likeness (QED) is 0.382. The monoisotopic (exact) mass is 267 g/mol. The summed E-state index contributed by atoms with van der Waals surface area (Å²) in [6.07, 6.45) is 2.52. The van der Waals surface area contributed by atoms with Gasteiger partial charge in [-0.3, -0.25) is 15.5 Å². The van der Waals surface area contributed by atoms with Gasteiger partial charge >= 0.3 is 0 Å². The maximum Gasteiger partial charge on any atom is 0.270 e. The van der Waals surface area contributed by atoms with Crippen molar-refractivity contribution in [3.8, 4) is 0 Å². The van der Waals surface area contributed by atoms with Crippen LogP contribution in [0.1, 0.15) is 31.7 Å². The number of hydrogen-bond donors (Lipinski definition) is 1. The van der Waals surface area contributed by atoms with E-state index >= 15 is 0 Å². The lowest BCUT2D eigenvalue weighted by Gasteiger charge is -2.00. The van der Waals surface area contributed by atoms with Gasteiger partial charge in [0.2, 0.25) is 0 Å². The normalized spacial score (nSPS) is 11.3. The molecule has 0 heterocycles. The van der Waals surface area contributed by atoms with E-state index in [-0.39, 0.29) is 11.5 Å². The van der Waals surface area contributed by atoms with E-state index in [1.165, 1.54) is 18.2 Å². The van der Waals surface area contributed by atoms with Crippen molar-refractivity contribution in [3.63, 3.8) is 0 Å². The fraction of sp³-hybridized carbons (Fsp3) is 0.333. The predicted molar refractivity (Wildman–Crippen MR) is 72.7 cm³/mol. The Labute approximate surface area is 110 Å². The van der Waals surface area contributed by atoms with E-state index in [0.29, 0.717) is 17.2 Å². The first-order chi connectivity index (χ1) is 8.54. The summed E-state index contributed by atoms with van der Waals surface area (Å²) in [7, 11) is 0. The van der Waals surface area contributed by atoms with Crippen molar-refractivity contribution in [2.45, 2.75) is 26.2 Å². The molecule has 0 fully saturated rings. The Morgan fingerprint density at radius 3 is 2.89 bits per heavy atom. The summed E-state index contributed by atoms with van der Waals surface area (Å²) in [4.78, 5) is 14.0. The third-order valence-corrected chi connectivity index (χ3v) is 2.57. The summed E-state index contributed by atoms with van der Waals surface area (Å²) in [6, 6.07) is 5.81. The smallest absolute Gasteiger partial charge is 0.270 e. The van der Waals surface area contributed by atoms with Gasteiger partial charge in [-0.1, -0.05) is 37.1 Å². The second-order valence-corrected chi connectivity index (χ2v) is 4.18. The van der Waals surface area contributed by atoms with E-state index in [4.69, 9.17) is 17.0 Å². The fourth-order valence-electron chi connectivity index (χ4n) is 1.33. The highest BCUT2D eigenvalue weighted by Crippen LogP contribution is 2.14. The number of nitrogens with zero attached hydrogens (tertiary/aromatic N) is 2. The Kier molecular flexibility index (Phi) is 5.45. The Morgan fingerprint density at radius 2 is 2.28 bits per heavy atom. The molecule has 0 aliphatic rings. The van der Waals surface area contributed by atoms with Gasteiger partial charge in [-0.15, -0.1) is 0 Å². The molecule has 5 nitrogen and oxygen atoms in total. The summed E-state index contributed by atoms with van der Waals surface area (Å²) in [5.41, 5.74) is 0.330. The maximum atomic E-state index is 10.6. The van der Waals surface area contributed by atoms with Gasteiger partial charge in [0.15, 0.2) is 5.84 Å². The van der Waals surface area contributed by atoms with Gasteiger partial charge in [0, 0.05) is 24.1 Å². The minimum absolute atomic E-state index is 0.0557. The first kappa shape index (κ1) is 14.3. The van der Waals surface area contributed by atoms with E-state index in [9.17, 15) is 10.1 Å². The summed E-state index contributed by atoms with van der Waals surface area (Å²) < 4.78 is 0. The van der Waals surface area contributed by atoms with Crippen molar-refractivity contribution >= 4 is 28.3 Å². The number of unbranched alkanes of at least 4 members (excludes halogenated alkanes) is 1. The number of amidine groups is 1. The molecule has 0 unspecified atom stereocenters. The van der Waals surface area contributed by atoms with Crippen LogP contribution >= 0.6 is 11.6 Å². The maximum absolute atomic E-state index is 10.6. The van der Waals surface area contributed by atoms with Crippen molar-refractivity contribution in [1.29, 1.82) is 5.41 Å². The van der Waals surface area contributed by atoms with E-state index in [1.807, 2.05) is 6.92 Å². The summed E-state index contributed by atoms with van der Waals surface area (Å²) in [5, 5.41) is 18.7. The van der Waals surface area contributed by atoms with Crippen LogP contribution in [0.3, 0.4) is 0 Å². The Hall–Kier alpha value is -1.75. The second-order valence-electron chi connectivity index (χ2n) is 3.75. The van der Waals surface area contributed by atoms with Crippen molar-refractivity contribution in [2.24, 2.45) is 4.99 Å². The molecule has 0 saturated heterocycles. The molecule has 0 saturated carbocycles. The van der Waals surface area contributed by atoms with Gasteiger partial charge in [0.1, 0.15) is 5.17 Å². The van der Waals surface area contributed by atoms with Crippen LogP contribution in [-0.4, -0.2) is 15.9 Å². The molecule has 0 spiro atoms. The highest BCUT2D eigenvalue weighted by atomic mass is 35.5. The van der Waals surface area contributed by atoms with Crippen LogP contribution < -0.4 is 0 Å². The van der Waals surface area contributed by atoms with E-state index in [0.717, 1.165) is 12.8 Å². The first-order valence-electron chi connectivity index (χ1n) is 5.61. The number of hydrogen-bond acceptors (Lipinski definition) is 3. The molecule has 0 aliphatic heterocycles. The van der Waals surface area contributed by atoms with E-state index in [1.54, 1.807) is 6.07 Å². The van der Waals surface area contributed by atoms with Crippen LogP contribution in [0.15, 0.2) is 29.3 Å². The lowest BCUT2D eigenvalue weighted by Crippen LogP contribution is -2.00. The zero-order valence-corrected chi connectivity index (χ0v) is 10.8. The summed E-state index contributed by atoms with van der Waals surface area (Å²) in [6.45, 7) is 2.04. The van der Waals surface area contributed by atoms with Gasteiger partial charge in [-0.05, 0) is 6.42 Å². The number of nitrogens with one attached hydrogen (secondary N) is 1. The highest BCUT2D eigenvalue weighted by molar-refractivity contribution is 6.66. The number of halogens is 1. The molecule has 0 atom stereocenters. The second kappa shape index (κ2) is 6.86. The number of aliphatic imine (C=N–C) groups is 1. The molecule has 1 aromatic rings. The van der Waals surface area contributed by atoms with Crippen molar-refractivity contribution in [2.75, 3.05) is 0 Å². The lowest BCUT2D eigenvalue weighted by atomic mass is 10.2. The third-order valence-electron chi connectivity index (χ3n) is 2.30. The SMILES string of the molecule is CCCC/C(Cl)=N\C(=N)c1cccc([N+](=O)[O-])c1. The molecule has 18 heavy (non-hydrogen) atoms. The first-order valence-corrected chi connectivity index (χ1v) is 5.98. The Balaban J connectivity index is 2.84. The average molecular weight is 268 g/mol. The zero-order valence-electron chi connectivity index (χ0n) is 10.0. The Morgan fingerprint density at radius 1 is 1.56 bits per heavy atom. The number of benzene rings is 1. The Bertz CT molecular complexity index is 486. The van der Waals surface area contributed by atoms with Crippen molar-refractivity contribution < 1.29 is 4.92 Å². The van der Waals surface area contributed by atoms with Gasteiger partial charge < -0.3 is 0 Å². The van der Waals surface area contributed by atoms with Crippen molar-refractivity contribution in [3.05, 3.63) is 39.9 Å². The van der Waals surface area contributed by atoms with Crippen LogP contribution in [0.25, 0.3) is 0 Å². The molecule has 0 bridgehead atoms. The van der Waals surface area contributed by atoms with Crippen LogP contribution in [-0.2, 0) is 0 Å². The molecule has 0 radical (unpaired) electrons. The minimum Gasteiger partial charge on any atom is -0.282 e. The lowest BCUT2D eigenvalue weighted by molar-refractivity contribution is -0.384. The molecule has 1 N–H and O–H groups in total. The fourth-order valence-corrected chi connectivity index (χ4v) is 1.55. The number of nitro benzene ring substituents is 1. The van der Waals surface area contributed by atoms with Gasteiger partial charge in [-0.25, -0.2) is 4.99 Å². The topological polar surface area (TPSA) is 79.3 Å². The van der Waals surface area contributed by atoms with Crippen LogP contribution in [0.2, 0.25) is 0 Å². The number of rotatable bonds is 5. The molecule has 1 aromatic carbocycles. The molecular weight excluding hydrogens is 254 g/mol. The molecule has 1 rings (SSSR count). The van der Waals surface area contributed by atoms with E-state index < -0.39 is 4.92 Å². The molecule has 0 aliphatic carbocycles. The van der Waals surface area contributed by atoms with Gasteiger partial charge in [-0.2, -0.15) is 0 Å². The molecule has 0 aromatic heterocycles. The predicted octanol–water partition coefficient (Wildman–Crippen LogP) is 3.75. The number of non-ortho nitro benzene ring substituents is 1. The molecule has 0 amide bonds. The summed E-state index contributed by atoms with van der Waals surface area (Å²) >= 11 is 5.88. The minimum atomic E-state index is -0.501. The van der Waals surface area contributed by atoms with Crippen molar-refractivity contribution in [1.82, 2.24) is 0 Å². The van der Waals surface area contributed by atoms with E-state index in [2.05, 4.69) is 4.99 Å². The standard InChI is InChI=1S/C12H14ClN3O2/c1-2-3-7-11(13)15-12(14)9-5-4-6-10(8-9)16(17)18/h4-6,8,14H,2-3,7H2,1H3/b14-12?,15-11+. The molecular formula is C12H14ClN3O2. The van der Waals surface area contributed by atoms with Crippen LogP contribution in [0, 0.1) is 15.5 Å². The van der Waals surface area contributed by atoms with Crippen LogP contribution in [0.4, 0.5) is 5.69 Å².